The monoisotopic (exact) mass is 247 g/mol. The van der Waals surface area contributed by atoms with Gasteiger partial charge in [0.2, 0.25) is 5.88 Å². The number of nitrogen functional groups attached to an aromatic ring is 1. The Morgan fingerprint density at radius 3 is 2.78 bits per heavy atom. The van der Waals surface area contributed by atoms with E-state index in [0.717, 1.165) is 5.56 Å². The van der Waals surface area contributed by atoms with Gasteiger partial charge in [-0.1, -0.05) is 6.07 Å². The molecule has 2 rings (SSSR count). The minimum atomic E-state index is -0.356. The average Bonchev–Trinajstić information content (AvgIpc) is 2.36. The number of hydrogen-bond acceptors (Lipinski definition) is 4. The molecule has 1 aromatic heterocycles. The lowest BCUT2D eigenvalue weighted by Crippen LogP contribution is -2.01. The fourth-order valence-corrected chi connectivity index (χ4v) is 1.55. The molecule has 0 fully saturated rings. The molecule has 0 saturated carbocycles. The number of pyridine rings is 1. The second kappa shape index (κ2) is 5.35. The molecule has 0 unspecified atom stereocenters. The molecule has 4 nitrogen and oxygen atoms in total. The predicted molar refractivity (Wildman–Crippen MR) is 68.9 cm³/mol. The van der Waals surface area contributed by atoms with Crippen molar-refractivity contribution in [2.45, 2.75) is 6.54 Å². The number of methoxy groups -OCH3 is 1. The van der Waals surface area contributed by atoms with E-state index in [1.165, 1.54) is 12.1 Å². The molecule has 0 bridgehead atoms. The summed E-state index contributed by atoms with van der Waals surface area (Å²) in [6.45, 7) is 0.542. The fraction of sp³-hybridized carbons (Fsp3) is 0.154. The van der Waals surface area contributed by atoms with E-state index < -0.39 is 0 Å². The highest BCUT2D eigenvalue weighted by Gasteiger charge is 1.99. The van der Waals surface area contributed by atoms with Crippen LogP contribution in [0.4, 0.5) is 15.8 Å². The molecule has 0 saturated heterocycles. The number of nitrogens with two attached hydrogens (primary N) is 1. The zero-order chi connectivity index (χ0) is 13.0. The molecule has 5 heteroatoms. The zero-order valence-electron chi connectivity index (χ0n) is 9.98. The van der Waals surface area contributed by atoms with E-state index in [1.807, 2.05) is 6.07 Å². The summed E-state index contributed by atoms with van der Waals surface area (Å²) in [5.41, 5.74) is 7.56. The Kier molecular flexibility index (Phi) is 3.62. The summed E-state index contributed by atoms with van der Waals surface area (Å²) in [6, 6.07) is 8.02. The number of halogens is 1. The van der Waals surface area contributed by atoms with Crippen LogP contribution in [0, 0.1) is 5.82 Å². The third-order valence-corrected chi connectivity index (χ3v) is 2.42. The van der Waals surface area contributed by atoms with Gasteiger partial charge in [-0.25, -0.2) is 9.37 Å². The summed E-state index contributed by atoms with van der Waals surface area (Å²) in [5, 5.41) is 3.08. The Bertz CT molecular complexity index is 508. The van der Waals surface area contributed by atoms with Crippen LogP contribution in [0.25, 0.3) is 0 Å². The minimum Gasteiger partial charge on any atom is -0.481 e. The molecule has 0 radical (unpaired) electrons. The van der Waals surface area contributed by atoms with E-state index in [0.29, 0.717) is 23.8 Å². The normalized spacial score (nSPS) is 10.1. The van der Waals surface area contributed by atoms with Crippen molar-refractivity contribution in [3.8, 4) is 5.88 Å². The van der Waals surface area contributed by atoms with Gasteiger partial charge in [-0.3, -0.25) is 0 Å². The highest BCUT2D eigenvalue weighted by atomic mass is 19.1. The maximum absolute atomic E-state index is 13.1. The van der Waals surface area contributed by atoms with E-state index in [2.05, 4.69) is 10.3 Å². The molecule has 3 N–H and O–H groups in total. The van der Waals surface area contributed by atoms with E-state index in [1.54, 1.807) is 25.4 Å². The molecule has 1 aromatic carbocycles. The number of nitrogens with zero attached hydrogens (tertiary/aromatic N) is 1. The molecule has 18 heavy (non-hydrogen) atoms. The first-order chi connectivity index (χ1) is 8.67. The van der Waals surface area contributed by atoms with Crippen LogP contribution in [-0.2, 0) is 6.54 Å². The molecule has 0 aliphatic rings. The van der Waals surface area contributed by atoms with Crippen LogP contribution >= 0.6 is 0 Å². The summed E-state index contributed by atoms with van der Waals surface area (Å²) in [5.74, 6) is 0.208. The first-order valence-electron chi connectivity index (χ1n) is 5.46. The standard InChI is InChI=1S/C13H14FN3O/c1-18-13-3-2-9(8-17-13)7-16-12-5-10(14)4-11(15)6-12/h2-6,8,16H,7,15H2,1H3. The molecule has 0 aliphatic heterocycles. The Balaban J connectivity index is 2.01. The summed E-state index contributed by atoms with van der Waals surface area (Å²) in [4.78, 5) is 4.08. The van der Waals surface area contributed by atoms with Crippen LogP contribution in [0.3, 0.4) is 0 Å². The van der Waals surface area contributed by atoms with Crippen molar-refractivity contribution in [3.05, 3.63) is 47.9 Å². The molecule has 0 spiro atoms. The number of ether oxygens (including phenoxy) is 1. The SMILES string of the molecule is COc1ccc(CNc2cc(N)cc(F)c2)cn1. The largest absolute Gasteiger partial charge is 0.481 e. The van der Waals surface area contributed by atoms with Gasteiger partial charge >= 0.3 is 0 Å². The molecule has 2 aromatic rings. The zero-order valence-corrected chi connectivity index (χ0v) is 9.98. The van der Waals surface area contributed by atoms with Gasteiger partial charge in [0.15, 0.2) is 0 Å². The lowest BCUT2D eigenvalue weighted by atomic mass is 10.2. The second-order valence-corrected chi connectivity index (χ2v) is 3.84. The van der Waals surface area contributed by atoms with Crippen molar-refractivity contribution in [1.29, 1.82) is 0 Å². The lowest BCUT2D eigenvalue weighted by molar-refractivity contribution is 0.397. The fourth-order valence-electron chi connectivity index (χ4n) is 1.55. The van der Waals surface area contributed by atoms with Gasteiger partial charge in [-0.15, -0.1) is 0 Å². The highest BCUT2D eigenvalue weighted by molar-refractivity contribution is 5.54. The van der Waals surface area contributed by atoms with Crippen LogP contribution in [-0.4, -0.2) is 12.1 Å². The van der Waals surface area contributed by atoms with Crippen molar-refractivity contribution in [2.75, 3.05) is 18.2 Å². The predicted octanol–water partition coefficient (Wildman–Crippen LogP) is 2.42. The topological polar surface area (TPSA) is 60.2 Å². The third-order valence-electron chi connectivity index (χ3n) is 2.42. The summed E-state index contributed by atoms with van der Waals surface area (Å²) < 4.78 is 18.1. The van der Waals surface area contributed by atoms with Crippen LogP contribution < -0.4 is 15.8 Å². The minimum absolute atomic E-state index is 0.356. The van der Waals surface area contributed by atoms with Gasteiger partial charge in [0.1, 0.15) is 5.82 Å². The van der Waals surface area contributed by atoms with Gasteiger partial charge < -0.3 is 15.8 Å². The molecule has 1 heterocycles. The molecular weight excluding hydrogens is 233 g/mol. The molecule has 0 aliphatic carbocycles. The van der Waals surface area contributed by atoms with Crippen LogP contribution in [0.2, 0.25) is 0 Å². The first-order valence-corrected chi connectivity index (χ1v) is 5.46. The average molecular weight is 247 g/mol. The van der Waals surface area contributed by atoms with Crippen LogP contribution in [0.1, 0.15) is 5.56 Å². The summed E-state index contributed by atoms with van der Waals surface area (Å²) in [7, 11) is 1.57. The van der Waals surface area contributed by atoms with Gasteiger partial charge in [-0.2, -0.15) is 0 Å². The number of anilines is 2. The Morgan fingerprint density at radius 2 is 2.17 bits per heavy atom. The van der Waals surface area contributed by atoms with Crippen molar-refractivity contribution in [3.63, 3.8) is 0 Å². The molecule has 0 amide bonds. The number of nitrogens with one attached hydrogen (secondary N) is 1. The van der Waals surface area contributed by atoms with Gasteiger partial charge in [-0.05, 0) is 23.8 Å². The smallest absolute Gasteiger partial charge is 0.212 e. The third kappa shape index (κ3) is 3.10. The number of hydrogen-bond donors (Lipinski definition) is 2. The first kappa shape index (κ1) is 12.2. The molecular formula is C13H14FN3O. The van der Waals surface area contributed by atoms with Crippen LogP contribution in [0.5, 0.6) is 5.88 Å². The van der Waals surface area contributed by atoms with E-state index >= 15 is 0 Å². The maximum atomic E-state index is 13.1. The van der Waals surface area contributed by atoms with E-state index in [4.69, 9.17) is 10.5 Å². The lowest BCUT2D eigenvalue weighted by Gasteiger charge is -2.08. The quantitative estimate of drug-likeness (QED) is 0.814. The Labute approximate surface area is 105 Å². The number of aromatic nitrogens is 1. The van der Waals surface area contributed by atoms with Crippen molar-refractivity contribution in [1.82, 2.24) is 4.98 Å². The molecule has 0 atom stereocenters. The van der Waals surface area contributed by atoms with Gasteiger partial charge in [0.05, 0.1) is 7.11 Å². The van der Waals surface area contributed by atoms with E-state index in [9.17, 15) is 4.39 Å². The number of rotatable bonds is 4. The Morgan fingerprint density at radius 1 is 1.33 bits per heavy atom. The van der Waals surface area contributed by atoms with Gasteiger partial charge in [0, 0.05) is 30.2 Å². The van der Waals surface area contributed by atoms with E-state index in [-0.39, 0.29) is 5.82 Å². The van der Waals surface area contributed by atoms with Crippen molar-refractivity contribution < 1.29 is 9.13 Å². The summed E-state index contributed by atoms with van der Waals surface area (Å²) in [6.07, 6.45) is 1.70. The second-order valence-electron chi connectivity index (χ2n) is 3.84. The summed E-state index contributed by atoms with van der Waals surface area (Å²) >= 11 is 0. The maximum Gasteiger partial charge on any atom is 0.212 e. The number of benzene rings is 1. The highest BCUT2D eigenvalue weighted by Crippen LogP contribution is 2.16. The molecule has 94 valence electrons. The van der Waals surface area contributed by atoms with Gasteiger partial charge in [0.25, 0.3) is 0 Å². The van der Waals surface area contributed by atoms with Crippen molar-refractivity contribution in [2.24, 2.45) is 0 Å². The Hall–Kier alpha value is -2.30. The van der Waals surface area contributed by atoms with Crippen molar-refractivity contribution >= 4 is 11.4 Å². The van der Waals surface area contributed by atoms with Crippen LogP contribution in [0.15, 0.2) is 36.5 Å².